The van der Waals surface area contributed by atoms with Crippen LogP contribution in [0.25, 0.3) is 0 Å². The zero-order valence-electron chi connectivity index (χ0n) is 6.29. The number of methoxy groups -OCH3 is 1. The zero-order valence-corrected chi connectivity index (χ0v) is 8.29. The van der Waals surface area contributed by atoms with Crippen molar-refractivity contribution in [2.75, 3.05) is 14.2 Å². The zero-order chi connectivity index (χ0) is 8.15. The van der Waals surface area contributed by atoms with Crippen LogP contribution >= 0.6 is 0 Å². The van der Waals surface area contributed by atoms with Crippen LogP contribution in [0.1, 0.15) is 0 Å². The summed E-state index contributed by atoms with van der Waals surface area (Å²) < 4.78 is 4.36. The third kappa shape index (κ3) is 2.48. The summed E-state index contributed by atoms with van der Waals surface area (Å²) in [4.78, 5) is 13.6. The SMILES string of the molecule is CN=C(C(=O)OC)[CH](O)[AlH2]. The van der Waals surface area contributed by atoms with E-state index in [1.165, 1.54) is 14.2 Å². The summed E-state index contributed by atoms with van der Waals surface area (Å²) in [6, 6.07) is 0. The summed E-state index contributed by atoms with van der Waals surface area (Å²) in [7, 11) is 2.71. The van der Waals surface area contributed by atoms with Crippen molar-refractivity contribution in [1.82, 2.24) is 0 Å². The molecule has 0 saturated carbocycles. The van der Waals surface area contributed by atoms with Crippen LogP contribution in [0.15, 0.2) is 4.99 Å². The maximum Gasteiger partial charge on any atom is 0.353 e. The van der Waals surface area contributed by atoms with E-state index >= 15 is 0 Å². The number of aliphatic imine (C=N–C) groups is 1. The molecule has 56 valence electrons. The number of esters is 1. The molecule has 1 N–H and O–H groups in total. The van der Waals surface area contributed by atoms with Gasteiger partial charge in [0.2, 0.25) is 0 Å². The first kappa shape index (κ1) is 9.63. The Morgan fingerprint density at radius 2 is 2.30 bits per heavy atom. The normalized spacial score (nSPS) is 14.5. The standard InChI is InChI=1S/C5H8NO3.Al.2H/c1-6-4(3-7)5(8)9-2;;;/h3,7H,1-2H3;;;. The van der Waals surface area contributed by atoms with Crippen LogP contribution in [0.2, 0.25) is 0 Å². The summed E-state index contributed by atoms with van der Waals surface area (Å²) in [5, 5.41) is 8.94. The van der Waals surface area contributed by atoms with Crippen molar-refractivity contribution in [2.45, 2.75) is 4.97 Å². The summed E-state index contributed by atoms with van der Waals surface area (Å²) in [5.41, 5.74) is 0.106. The highest BCUT2D eigenvalue weighted by Gasteiger charge is 2.15. The van der Waals surface area contributed by atoms with E-state index in [2.05, 4.69) is 9.73 Å². The molecule has 1 unspecified atom stereocenters. The molecule has 0 bridgehead atoms. The van der Waals surface area contributed by atoms with Crippen LogP contribution in [0.4, 0.5) is 0 Å². The highest BCUT2D eigenvalue weighted by Crippen LogP contribution is 1.86. The van der Waals surface area contributed by atoms with E-state index in [0.29, 0.717) is 16.3 Å². The molecule has 5 heteroatoms. The molecule has 0 amide bonds. The number of aliphatic hydroxyl groups is 1. The van der Waals surface area contributed by atoms with Gasteiger partial charge in [0.25, 0.3) is 16.3 Å². The Hall–Kier alpha value is -0.368. The molecule has 0 heterocycles. The molecule has 0 spiro atoms. The van der Waals surface area contributed by atoms with Crippen LogP contribution in [0.3, 0.4) is 0 Å². The maximum absolute atomic E-state index is 10.7. The topological polar surface area (TPSA) is 58.9 Å². The maximum atomic E-state index is 10.7. The number of nitrogens with zero attached hydrogens (tertiary/aromatic N) is 1. The molecule has 0 saturated heterocycles. The molecule has 0 rings (SSSR count). The van der Waals surface area contributed by atoms with Crippen molar-refractivity contribution in [3.63, 3.8) is 0 Å². The summed E-state index contributed by atoms with van der Waals surface area (Å²) in [6.45, 7) is 0. The van der Waals surface area contributed by atoms with Gasteiger partial charge in [0.15, 0.2) is 0 Å². The fourth-order valence-corrected chi connectivity index (χ4v) is 1.05. The molecule has 0 aromatic rings. The van der Waals surface area contributed by atoms with Crippen molar-refractivity contribution in [1.29, 1.82) is 0 Å². The monoisotopic (exact) mass is 159 g/mol. The third-order valence-electron chi connectivity index (χ3n) is 1.03. The minimum Gasteiger partial charge on any atom is -0.465 e. The van der Waals surface area contributed by atoms with Gasteiger partial charge in [0.1, 0.15) is 5.71 Å². The second kappa shape index (κ2) is 4.45. The molecular formula is C5H10AlNO3. The number of hydrogen-bond acceptors (Lipinski definition) is 4. The van der Waals surface area contributed by atoms with Crippen LogP contribution in [-0.4, -0.2) is 52.2 Å². The third-order valence-corrected chi connectivity index (χ3v) is 1.58. The number of rotatable bonds is 2. The van der Waals surface area contributed by atoms with Crippen molar-refractivity contribution >= 4 is 28.0 Å². The van der Waals surface area contributed by atoms with Crippen LogP contribution in [-0.2, 0) is 9.53 Å². The quantitative estimate of drug-likeness (QED) is 0.293. The van der Waals surface area contributed by atoms with Crippen molar-refractivity contribution in [3.05, 3.63) is 0 Å². The van der Waals surface area contributed by atoms with Gasteiger partial charge < -0.3 is 9.84 Å². The summed E-state index contributed by atoms with van der Waals surface area (Å²) in [5.74, 6) is -0.551. The minimum atomic E-state index is -0.725. The van der Waals surface area contributed by atoms with Crippen LogP contribution < -0.4 is 0 Å². The van der Waals surface area contributed by atoms with Gasteiger partial charge >= 0.3 is 5.97 Å². The summed E-state index contributed by atoms with van der Waals surface area (Å²) in [6.07, 6.45) is 0. The first-order valence-corrected chi connectivity index (χ1v) is 4.02. The lowest BCUT2D eigenvalue weighted by Gasteiger charge is -2.04. The molecule has 0 aliphatic rings. The average Bonchev–Trinajstić information content (AvgIpc) is 1.88. The molecule has 0 aliphatic carbocycles. The first-order chi connectivity index (χ1) is 4.63. The molecule has 0 aromatic heterocycles. The average molecular weight is 159 g/mol. The van der Waals surface area contributed by atoms with Gasteiger partial charge in [-0.25, -0.2) is 4.79 Å². The lowest BCUT2D eigenvalue weighted by atomic mass is 10.4. The summed E-state index contributed by atoms with van der Waals surface area (Å²) >= 11 is 0.488. The van der Waals surface area contributed by atoms with E-state index < -0.39 is 10.9 Å². The lowest BCUT2D eigenvalue weighted by molar-refractivity contribution is -0.133. The smallest absolute Gasteiger partial charge is 0.353 e. The largest absolute Gasteiger partial charge is 0.465 e. The highest BCUT2D eigenvalue weighted by atomic mass is 27.0. The molecule has 0 aromatic carbocycles. The van der Waals surface area contributed by atoms with Gasteiger partial charge in [0, 0.05) is 12.0 Å². The Morgan fingerprint density at radius 3 is 2.40 bits per heavy atom. The van der Waals surface area contributed by atoms with Crippen molar-refractivity contribution < 1.29 is 14.6 Å². The highest BCUT2D eigenvalue weighted by molar-refractivity contribution is 6.46. The molecule has 4 nitrogen and oxygen atoms in total. The Bertz CT molecular complexity index is 155. The molecule has 0 fully saturated rings. The van der Waals surface area contributed by atoms with Gasteiger partial charge in [-0.05, 0) is 0 Å². The van der Waals surface area contributed by atoms with Crippen LogP contribution in [0, 0.1) is 0 Å². The molecule has 0 aliphatic heterocycles. The molecule has 10 heavy (non-hydrogen) atoms. The fraction of sp³-hybridized carbons (Fsp3) is 0.600. The lowest BCUT2D eigenvalue weighted by Crippen LogP contribution is -2.29. The van der Waals surface area contributed by atoms with Crippen molar-refractivity contribution in [2.24, 2.45) is 4.99 Å². The van der Waals surface area contributed by atoms with E-state index in [9.17, 15) is 4.79 Å². The van der Waals surface area contributed by atoms with E-state index in [1.54, 1.807) is 0 Å². The number of carbonyl (C=O) groups excluding carboxylic acids is 1. The first-order valence-electron chi connectivity index (χ1n) is 2.86. The second-order valence-electron chi connectivity index (χ2n) is 1.78. The number of aliphatic hydroxyl groups excluding tert-OH is 1. The van der Waals surface area contributed by atoms with E-state index in [4.69, 9.17) is 5.11 Å². The fourth-order valence-electron chi connectivity index (χ4n) is 0.553. The van der Waals surface area contributed by atoms with E-state index in [-0.39, 0.29) is 5.71 Å². The molecular weight excluding hydrogens is 149 g/mol. The Balaban J connectivity index is 4.24. The van der Waals surface area contributed by atoms with Gasteiger partial charge in [-0.2, -0.15) is 0 Å². The van der Waals surface area contributed by atoms with Gasteiger partial charge in [-0.1, -0.05) is 0 Å². The number of ether oxygens (including phenoxy) is 1. The Morgan fingerprint density at radius 1 is 1.80 bits per heavy atom. The Labute approximate surface area is 67.3 Å². The van der Waals surface area contributed by atoms with E-state index in [0.717, 1.165) is 0 Å². The minimum absolute atomic E-state index is 0.106. The predicted molar refractivity (Wildman–Crippen MR) is 39.9 cm³/mol. The van der Waals surface area contributed by atoms with Crippen LogP contribution in [0.5, 0.6) is 0 Å². The molecule has 0 radical (unpaired) electrons. The second-order valence-corrected chi connectivity index (χ2v) is 2.87. The molecule has 1 atom stereocenters. The van der Waals surface area contributed by atoms with E-state index in [1.807, 2.05) is 0 Å². The van der Waals surface area contributed by atoms with Crippen molar-refractivity contribution in [3.8, 4) is 0 Å². The number of hydrogen-bond donors (Lipinski definition) is 1. The predicted octanol–water partition coefficient (Wildman–Crippen LogP) is -1.82. The van der Waals surface area contributed by atoms with Gasteiger partial charge in [-0.3, -0.25) is 4.99 Å². The van der Waals surface area contributed by atoms with Gasteiger partial charge in [-0.15, -0.1) is 0 Å². The van der Waals surface area contributed by atoms with Gasteiger partial charge in [0.05, 0.1) is 7.11 Å². The number of carbonyl (C=O) groups is 1. The Kier molecular flexibility index (Phi) is 4.28.